The first kappa shape index (κ1) is 25.6. The van der Waals surface area contributed by atoms with Gasteiger partial charge in [-0.3, -0.25) is 4.79 Å². The van der Waals surface area contributed by atoms with Gasteiger partial charge in [0.05, 0.1) is 5.69 Å². The van der Waals surface area contributed by atoms with Gasteiger partial charge < -0.3 is 25.2 Å². The van der Waals surface area contributed by atoms with Crippen LogP contribution >= 0.6 is 0 Å². The second-order valence-electron chi connectivity index (χ2n) is 12.9. The monoisotopic (exact) mass is 527 g/mol. The number of ether oxygens (including phenoxy) is 1. The van der Waals surface area contributed by atoms with E-state index < -0.39 is 5.60 Å². The van der Waals surface area contributed by atoms with E-state index in [0.29, 0.717) is 34.0 Å². The molecule has 1 aromatic carbocycles. The predicted molar refractivity (Wildman–Crippen MR) is 154 cm³/mol. The SMILES string of the molecule is Cc1cc(Nc2nccc(-c3cnc4c(c3)OC(C)(C)C(=O)N4)n2)ccc1N1CC2(C)CN(C)CC(C)(C1)C2. The molecule has 1 amide bonds. The van der Waals surface area contributed by atoms with E-state index in [1.807, 2.05) is 12.1 Å². The first-order valence-corrected chi connectivity index (χ1v) is 13.6. The molecule has 2 aromatic heterocycles. The normalized spacial score (nSPS) is 25.9. The van der Waals surface area contributed by atoms with Gasteiger partial charge in [0.1, 0.15) is 0 Å². The van der Waals surface area contributed by atoms with Crippen molar-refractivity contribution in [2.75, 3.05) is 48.8 Å². The lowest BCUT2D eigenvalue weighted by molar-refractivity contribution is -0.129. The van der Waals surface area contributed by atoms with E-state index in [9.17, 15) is 4.79 Å². The second-order valence-corrected chi connectivity index (χ2v) is 12.9. The van der Waals surface area contributed by atoms with Crippen LogP contribution < -0.4 is 20.3 Å². The summed E-state index contributed by atoms with van der Waals surface area (Å²) in [7, 11) is 2.25. The number of benzene rings is 1. The van der Waals surface area contributed by atoms with Crippen LogP contribution in [0.2, 0.25) is 0 Å². The Morgan fingerprint density at radius 3 is 2.46 bits per heavy atom. The number of aromatic nitrogens is 3. The average Bonchev–Trinajstić information content (AvgIpc) is 2.82. The van der Waals surface area contributed by atoms with E-state index in [1.54, 1.807) is 26.2 Å². The first-order valence-electron chi connectivity index (χ1n) is 13.6. The maximum absolute atomic E-state index is 12.2. The number of nitrogens with zero attached hydrogens (tertiary/aromatic N) is 5. The number of carbonyl (C=O) groups is 1. The molecule has 39 heavy (non-hydrogen) atoms. The van der Waals surface area contributed by atoms with Gasteiger partial charge in [-0.1, -0.05) is 13.8 Å². The summed E-state index contributed by atoms with van der Waals surface area (Å²) in [6.07, 6.45) is 4.69. The van der Waals surface area contributed by atoms with Crippen molar-refractivity contribution < 1.29 is 9.53 Å². The summed E-state index contributed by atoms with van der Waals surface area (Å²) in [6.45, 7) is 14.9. The minimum absolute atomic E-state index is 0.218. The highest BCUT2D eigenvalue weighted by Crippen LogP contribution is 2.46. The Labute approximate surface area is 230 Å². The molecule has 9 nitrogen and oxygen atoms in total. The van der Waals surface area contributed by atoms with E-state index in [0.717, 1.165) is 37.4 Å². The van der Waals surface area contributed by atoms with Gasteiger partial charge in [0.2, 0.25) is 5.95 Å². The van der Waals surface area contributed by atoms with Crippen LogP contribution in [0, 0.1) is 17.8 Å². The van der Waals surface area contributed by atoms with Crippen LogP contribution in [0.15, 0.2) is 42.7 Å². The van der Waals surface area contributed by atoms with Crippen molar-refractivity contribution in [3.8, 4) is 17.0 Å². The minimum atomic E-state index is -0.964. The average molecular weight is 528 g/mol. The van der Waals surface area contributed by atoms with E-state index in [4.69, 9.17) is 9.72 Å². The highest BCUT2D eigenvalue weighted by molar-refractivity contribution is 5.99. The van der Waals surface area contributed by atoms with Crippen LogP contribution in [0.4, 0.5) is 23.1 Å². The number of rotatable bonds is 4. The van der Waals surface area contributed by atoms with Gasteiger partial charge in [0.25, 0.3) is 5.91 Å². The molecule has 2 bridgehead atoms. The van der Waals surface area contributed by atoms with Crippen molar-refractivity contribution in [2.45, 2.75) is 46.6 Å². The summed E-state index contributed by atoms with van der Waals surface area (Å²) in [5, 5.41) is 6.17. The zero-order valence-corrected chi connectivity index (χ0v) is 23.6. The minimum Gasteiger partial charge on any atom is -0.474 e. The largest absolute Gasteiger partial charge is 0.474 e. The van der Waals surface area contributed by atoms with Crippen LogP contribution in [-0.2, 0) is 4.79 Å². The molecule has 3 aliphatic rings. The zero-order valence-electron chi connectivity index (χ0n) is 23.6. The molecule has 2 unspecified atom stereocenters. The van der Waals surface area contributed by atoms with Gasteiger partial charge in [-0.2, -0.15) is 0 Å². The van der Waals surface area contributed by atoms with Gasteiger partial charge >= 0.3 is 0 Å². The lowest BCUT2D eigenvalue weighted by atomic mass is 9.65. The van der Waals surface area contributed by atoms with Crippen molar-refractivity contribution in [3.63, 3.8) is 0 Å². The molecular weight excluding hydrogens is 490 g/mol. The van der Waals surface area contributed by atoms with Gasteiger partial charge in [-0.25, -0.2) is 15.0 Å². The Balaban J connectivity index is 1.20. The highest BCUT2D eigenvalue weighted by atomic mass is 16.5. The standard InChI is InChI=1S/C30H37N7O2/c1-19-11-21(7-8-23(19)37-17-29(4)14-30(5,18-37)16-36(6)15-29)33-27-31-10-9-22(34-27)20-12-24-25(32-13-20)35-26(38)28(2,3)39-24/h7-13H,14-18H2,1-6H3,(H,31,33,34)(H,32,35,38). The van der Waals surface area contributed by atoms with Crippen LogP contribution in [-0.4, -0.2) is 64.6 Å². The Bertz CT molecular complexity index is 1440. The molecule has 0 radical (unpaired) electrons. The number of piperidine rings is 2. The molecule has 5 heterocycles. The van der Waals surface area contributed by atoms with Crippen LogP contribution in [0.1, 0.15) is 39.7 Å². The molecule has 0 saturated carbocycles. The number of aryl methyl sites for hydroxylation is 1. The third-order valence-corrected chi connectivity index (χ3v) is 8.04. The smallest absolute Gasteiger partial charge is 0.269 e. The van der Waals surface area contributed by atoms with E-state index >= 15 is 0 Å². The number of hydrogen-bond donors (Lipinski definition) is 2. The summed E-state index contributed by atoms with van der Waals surface area (Å²) >= 11 is 0. The third-order valence-electron chi connectivity index (χ3n) is 8.04. The molecular formula is C30H37N7O2. The fourth-order valence-corrected chi connectivity index (χ4v) is 6.99. The molecule has 2 atom stereocenters. The Morgan fingerprint density at radius 2 is 1.74 bits per heavy atom. The number of pyridine rings is 1. The van der Waals surface area contributed by atoms with Crippen molar-refractivity contribution >= 4 is 29.0 Å². The van der Waals surface area contributed by atoms with Crippen molar-refractivity contribution in [1.29, 1.82) is 0 Å². The Kier molecular flexibility index (Phi) is 5.84. The molecule has 0 aliphatic carbocycles. The van der Waals surface area contributed by atoms with E-state index in [-0.39, 0.29) is 5.91 Å². The predicted octanol–water partition coefficient (Wildman–Crippen LogP) is 4.87. The van der Waals surface area contributed by atoms with Crippen molar-refractivity contribution in [1.82, 2.24) is 19.9 Å². The van der Waals surface area contributed by atoms with Gasteiger partial charge in [-0.15, -0.1) is 0 Å². The van der Waals surface area contributed by atoms with Gasteiger partial charge in [0.15, 0.2) is 17.2 Å². The molecule has 204 valence electrons. The number of anilines is 4. The summed E-state index contributed by atoms with van der Waals surface area (Å²) in [5.74, 6) is 1.22. The molecule has 6 rings (SSSR count). The lowest BCUT2D eigenvalue weighted by Gasteiger charge is -2.57. The zero-order chi connectivity index (χ0) is 27.6. The fraction of sp³-hybridized carbons (Fsp3) is 0.467. The number of nitrogens with one attached hydrogen (secondary N) is 2. The maximum Gasteiger partial charge on any atom is 0.269 e. The Hall–Kier alpha value is -3.72. The molecule has 3 aliphatic heterocycles. The summed E-state index contributed by atoms with van der Waals surface area (Å²) in [4.78, 5) is 30.8. The number of carbonyl (C=O) groups excluding carboxylic acids is 1. The molecule has 9 heteroatoms. The maximum atomic E-state index is 12.2. The number of amides is 1. The summed E-state index contributed by atoms with van der Waals surface area (Å²) in [5.41, 5.74) is 4.60. The topological polar surface area (TPSA) is 95.5 Å². The summed E-state index contributed by atoms with van der Waals surface area (Å²) in [6, 6.07) is 10.2. The van der Waals surface area contributed by atoms with Crippen molar-refractivity contribution in [3.05, 3.63) is 48.3 Å². The van der Waals surface area contributed by atoms with Crippen LogP contribution in [0.5, 0.6) is 5.75 Å². The quantitative estimate of drug-likeness (QED) is 0.496. The van der Waals surface area contributed by atoms with Crippen LogP contribution in [0.3, 0.4) is 0 Å². The van der Waals surface area contributed by atoms with E-state index in [2.05, 4.69) is 76.4 Å². The summed E-state index contributed by atoms with van der Waals surface area (Å²) < 4.78 is 5.90. The highest BCUT2D eigenvalue weighted by Gasteiger charge is 2.47. The second kappa shape index (κ2) is 8.91. The Morgan fingerprint density at radius 1 is 1.00 bits per heavy atom. The first-order chi connectivity index (χ1) is 18.4. The number of fused-ring (bicyclic) bond motifs is 3. The molecule has 0 spiro atoms. The molecule has 2 saturated heterocycles. The molecule has 3 aromatic rings. The third kappa shape index (κ3) is 4.91. The van der Waals surface area contributed by atoms with Crippen LogP contribution in [0.25, 0.3) is 11.3 Å². The van der Waals surface area contributed by atoms with Crippen molar-refractivity contribution in [2.24, 2.45) is 10.8 Å². The number of hydrogen-bond acceptors (Lipinski definition) is 8. The molecule has 2 N–H and O–H groups in total. The van der Waals surface area contributed by atoms with E-state index in [1.165, 1.54) is 17.7 Å². The van der Waals surface area contributed by atoms with Gasteiger partial charge in [-0.05, 0) is 81.0 Å². The van der Waals surface area contributed by atoms with Gasteiger partial charge in [0, 0.05) is 55.5 Å². The number of likely N-dealkylation sites (tertiary alicyclic amines) is 1. The molecule has 2 fully saturated rings. The fourth-order valence-electron chi connectivity index (χ4n) is 6.99. The lowest BCUT2D eigenvalue weighted by Crippen LogP contribution is -2.61.